The van der Waals surface area contributed by atoms with Crippen molar-refractivity contribution < 1.29 is 0 Å². The molecule has 1 aliphatic heterocycles. The number of nitrogens with zero attached hydrogens (tertiary/aromatic N) is 1. The number of anilines is 1. The summed E-state index contributed by atoms with van der Waals surface area (Å²) in [6, 6.07) is 8.70. The molecule has 0 radical (unpaired) electrons. The van der Waals surface area contributed by atoms with E-state index >= 15 is 0 Å². The normalized spacial score (nSPS) is 20.3. The minimum absolute atomic E-state index is 0.0420. The summed E-state index contributed by atoms with van der Waals surface area (Å²) in [6.45, 7) is 6.45. The van der Waals surface area contributed by atoms with Gasteiger partial charge in [-0.1, -0.05) is 12.1 Å². The minimum atomic E-state index is 0.0420. The number of rotatable bonds is 1. The van der Waals surface area contributed by atoms with Gasteiger partial charge in [0.1, 0.15) is 0 Å². The highest BCUT2D eigenvalue weighted by Gasteiger charge is 2.25. The van der Waals surface area contributed by atoms with Gasteiger partial charge in [-0.05, 0) is 44.4 Å². The summed E-state index contributed by atoms with van der Waals surface area (Å²) in [4.78, 5) is 2.43. The molecule has 2 heteroatoms. The molecule has 0 bridgehead atoms. The number of benzene rings is 1. The Morgan fingerprint density at radius 3 is 2.53 bits per heavy atom. The lowest BCUT2D eigenvalue weighted by Crippen LogP contribution is -2.48. The summed E-state index contributed by atoms with van der Waals surface area (Å²) in [5.41, 5.74) is 8.83. The molecule has 1 fully saturated rings. The van der Waals surface area contributed by atoms with Crippen LogP contribution in [-0.4, -0.2) is 18.6 Å². The fraction of sp³-hybridized carbons (Fsp3) is 0.538. The lowest BCUT2D eigenvalue weighted by atomic mass is 9.91. The molecule has 1 aromatic carbocycles. The molecule has 0 aromatic heterocycles. The molecule has 82 valence electrons. The van der Waals surface area contributed by atoms with Gasteiger partial charge in [0, 0.05) is 24.3 Å². The lowest BCUT2D eigenvalue weighted by molar-refractivity contribution is 0.364. The van der Waals surface area contributed by atoms with Crippen LogP contribution in [0.3, 0.4) is 0 Å². The quantitative estimate of drug-likeness (QED) is 0.760. The molecule has 0 atom stereocenters. The minimum Gasteiger partial charge on any atom is -0.371 e. The fourth-order valence-electron chi connectivity index (χ4n) is 2.10. The first kappa shape index (κ1) is 10.5. The third kappa shape index (κ3) is 2.51. The Morgan fingerprint density at radius 1 is 1.27 bits per heavy atom. The van der Waals surface area contributed by atoms with Crippen molar-refractivity contribution in [3.8, 4) is 0 Å². The highest BCUT2D eigenvalue weighted by molar-refractivity contribution is 5.48. The summed E-state index contributed by atoms with van der Waals surface area (Å²) < 4.78 is 0. The number of hydrogen-bond donors (Lipinski definition) is 1. The zero-order chi connectivity index (χ0) is 10.9. The van der Waals surface area contributed by atoms with Gasteiger partial charge < -0.3 is 10.6 Å². The largest absolute Gasteiger partial charge is 0.371 e. The Hall–Kier alpha value is -1.02. The predicted molar refractivity (Wildman–Crippen MR) is 65.2 cm³/mol. The molecular formula is C13H20N2. The van der Waals surface area contributed by atoms with E-state index in [0.717, 1.165) is 25.9 Å². The summed E-state index contributed by atoms with van der Waals surface area (Å²) in [5, 5.41) is 0. The van der Waals surface area contributed by atoms with Gasteiger partial charge in [0.15, 0.2) is 0 Å². The van der Waals surface area contributed by atoms with Gasteiger partial charge >= 0.3 is 0 Å². The smallest absolute Gasteiger partial charge is 0.0368 e. The number of piperidine rings is 1. The predicted octanol–water partition coefficient (Wildman–Crippen LogP) is 2.31. The Morgan fingerprint density at radius 2 is 1.93 bits per heavy atom. The Labute approximate surface area is 92.1 Å². The molecular weight excluding hydrogens is 184 g/mol. The van der Waals surface area contributed by atoms with Crippen molar-refractivity contribution in [3.05, 3.63) is 29.8 Å². The van der Waals surface area contributed by atoms with Crippen LogP contribution >= 0.6 is 0 Å². The number of hydrogen-bond acceptors (Lipinski definition) is 2. The van der Waals surface area contributed by atoms with Gasteiger partial charge in [-0.2, -0.15) is 0 Å². The van der Waals surface area contributed by atoms with Crippen LogP contribution in [0.15, 0.2) is 24.3 Å². The molecule has 2 nitrogen and oxygen atoms in total. The molecule has 15 heavy (non-hydrogen) atoms. The second-order valence-electron chi connectivity index (χ2n) is 4.98. The first-order chi connectivity index (χ1) is 7.07. The van der Waals surface area contributed by atoms with Gasteiger partial charge in [-0.3, -0.25) is 0 Å². The molecule has 2 N–H and O–H groups in total. The fourth-order valence-corrected chi connectivity index (χ4v) is 2.10. The standard InChI is InChI=1S/C13H20N2/c1-11-4-3-5-12(10-11)15-8-6-13(2,14)7-9-15/h3-5,10H,6-9,14H2,1-2H3. The van der Waals surface area contributed by atoms with Crippen molar-refractivity contribution in [2.75, 3.05) is 18.0 Å². The van der Waals surface area contributed by atoms with Gasteiger partial charge in [0.25, 0.3) is 0 Å². The van der Waals surface area contributed by atoms with E-state index in [0.29, 0.717) is 0 Å². The topological polar surface area (TPSA) is 29.3 Å². The van der Waals surface area contributed by atoms with Gasteiger partial charge in [-0.15, -0.1) is 0 Å². The SMILES string of the molecule is Cc1cccc(N2CCC(C)(N)CC2)c1. The van der Waals surface area contributed by atoms with Crippen LogP contribution in [0, 0.1) is 6.92 Å². The molecule has 0 spiro atoms. The van der Waals surface area contributed by atoms with Crippen LogP contribution < -0.4 is 10.6 Å². The van der Waals surface area contributed by atoms with Gasteiger partial charge in [-0.25, -0.2) is 0 Å². The molecule has 0 aliphatic carbocycles. The van der Waals surface area contributed by atoms with Gasteiger partial charge in [0.05, 0.1) is 0 Å². The van der Waals surface area contributed by atoms with Crippen molar-refractivity contribution in [1.29, 1.82) is 0 Å². The van der Waals surface area contributed by atoms with Crippen molar-refractivity contribution in [2.24, 2.45) is 5.73 Å². The van der Waals surface area contributed by atoms with Crippen LogP contribution in [-0.2, 0) is 0 Å². The monoisotopic (exact) mass is 204 g/mol. The maximum Gasteiger partial charge on any atom is 0.0368 e. The van der Waals surface area contributed by atoms with Crippen molar-refractivity contribution in [1.82, 2.24) is 0 Å². The average molecular weight is 204 g/mol. The third-order valence-electron chi connectivity index (χ3n) is 3.27. The van der Waals surface area contributed by atoms with Gasteiger partial charge in [0.2, 0.25) is 0 Å². The molecule has 0 saturated carbocycles. The van der Waals surface area contributed by atoms with E-state index in [9.17, 15) is 0 Å². The zero-order valence-corrected chi connectivity index (χ0v) is 9.66. The molecule has 1 aliphatic rings. The Kier molecular flexibility index (Phi) is 2.70. The van der Waals surface area contributed by atoms with E-state index in [1.54, 1.807) is 0 Å². The molecule has 1 saturated heterocycles. The maximum absolute atomic E-state index is 6.12. The van der Waals surface area contributed by atoms with Crippen molar-refractivity contribution in [3.63, 3.8) is 0 Å². The first-order valence-corrected chi connectivity index (χ1v) is 5.67. The van der Waals surface area contributed by atoms with E-state index in [4.69, 9.17) is 5.73 Å². The van der Waals surface area contributed by atoms with E-state index in [-0.39, 0.29) is 5.54 Å². The van der Waals surface area contributed by atoms with Crippen molar-refractivity contribution in [2.45, 2.75) is 32.2 Å². The van der Waals surface area contributed by atoms with Crippen LogP contribution in [0.4, 0.5) is 5.69 Å². The Bertz CT molecular complexity index is 334. The molecule has 1 heterocycles. The van der Waals surface area contributed by atoms with Crippen LogP contribution in [0.1, 0.15) is 25.3 Å². The number of aryl methyl sites for hydroxylation is 1. The lowest BCUT2D eigenvalue weighted by Gasteiger charge is -2.38. The second-order valence-corrected chi connectivity index (χ2v) is 4.98. The summed E-state index contributed by atoms with van der Waals surface area (Å²) >= 11 is 0. The highest BCUT2D eigenvalue weighted by Crippen LogP contribution is 2.24. The van der Waals surface area contributed by atoms with E-state index in [1.165, 1.54) is 11.3 Å². The van der Waals surface area contributed by atoms with E-state index in [2.05, 4.69) is 43.0 Å². The van der Waals surface area contributed by atoms with Crippen molar-refractivity contribution >= 4 is 5.69 Å². The molecule has 1 aromatic rings. The van der Waals surface area contributed by atoms with Crippen LogP contribution in [0.2, 0.25) is 0 Å². The summed E-state index contributed by atoms with van der Waals surface area (Å²) in [7, 11) is 0. The summed E-state index contributed by atoms with van der Waals surface area (Å²) in [5.74, 6) is 0. The highest BCUT2D eigenvalue weighted by atomic mass is 15.1. The number of nitrogens with two attached hydrogens (primary N) is 1. The summed E-state index contributed by atoms with van der Waals surface area (Å²) in [6.07, 6.45) is 2.17. The molecule has 0 unspecified atom stereocenters. The second kappa shape index (κ2) is 3.86. The molecule has 0 amide bonds. The maximum atomic E-state index is 6.12. The first-order valence-electron chi connectivity index (χ1n) is 5.67. The van der Waals surface area contributed by atoms with Crippen LogP contribution in [0.25, 0.3) is 0 Å². The average Bonchev–Trinajstić information content (AvgIpc) is 2.17. The van der Waals surface area contributed by atoms with E-state index < -0.39 is 0 Å². The third-order valence-corrected chi connectivity index (χ3v) is 3.27. The Balaban J connectivity index is 2.08. The van der Waals surface area contributed by atoms with E-state index in [1.807, 2.05) is 0 Å². The zero-order valence-electron chi connectivity index (χ0n) is 9.66. The molecule has 2 rings (SSSR count). The van der Waals surface area contributed by atoms with Crippen LogP contribution in [0.5, 0.6) is 0 Å².